The van der Waals surface area contributed by atoms with Gasteiger partial charge in [-0.2, -0.15) is 0 Å². The van der Waals surface area contributed by atoms with Crippen LogP contribution in [0, 0.1) is 5.41 Å². The number of ether oxygens (including phenoxy) is 2. The third-order valence-electron chi connectivity index (χ3n) is 4.88. The molecule has 1 saturated carbocycles. The highest BCUT2D eigenvalue weighted by Gasteiger charge is 2.34. The minimum absolute atomic E-state index is 0.0833. The molecule has 3 rings (SSSR count). The summed E-state index contributed by atoms with van der Waals surface area (Å²) in [6.07, 6.45) is 7.34. The van der Waals surface area contributed by atoms with Crippen LogP contribution in [0.2, 0.25) is 0 Å². The Labute approximate surface area is 121 Å². The number of hydrogen-bond acceptors (Lipinski definition) is 3. The summed E-state index contributed by atoms with van der Waals surface area (Å²) in [4.78, 5) is 0. The highest BCUT2D eigenvalue weighted by atomic mass is 16.5. The second-order valence-electron chi connectivity index (χ2n) is 6.45. The van der Waals surface area contributed by atoms with Gasteiger partial charge in [-0.05, 0) is 36.0 Å². The van der Waals surface area contributed by atoms with Crippen molar-refractivity contribution in [2.24, 2.45) is 11.1 Å². The molecule has 3 nitrogen and oxygen atoms in total. The zero-order valence-electron chi connectivity index (χ0n) is 12.4. The predicted octanol–water partition coefficient (Wildman–Crippen LogP) is 3.82. The van der Waals surface area contributed by atoms with E-state index in [1.54, 1.807) is 0 Å². The van der Waals surface area contributed by atoms with Gasteiger partial charge < -0.3 is 15.2 Å². The first-order chi connectivity index (χ1) is 9.69. The standard InChI is InChI=1S/C17H25NO2/c1-17(8-3-2-4-9-17)16(18)13-6-7-14-15(12-13)20-11-5-10-19-14/h6-7,12,16H,2-5,8-11,18H2,1H3. The van der Waals surface area contributed by atoms with Crippen LogP contribution in [-0.2, 0) is 0 Å². The number of nitrogens with two attached hydrogens (primary N) is 1. The maximum absolute atomic E-state index is 6.58. The summed E-state index contributed by atoms with van der Waals surface area (Å²) < 4.78 is 11.5. The molecule has 0 amide bonds. The van der Waals surface area contributed by atoms with Gasteiger partial charge in [0.05, 0.1) is 13.2 Å². The van der Waals surface area contributed by atoms with Crippen LogP contribution >= 0.6 is 0 Å². The lowest BCUT2D eigenvalue weighted by molar-refractivity contribution is 0.170. The van der Waals surface area contributed by atoms with Crippen LogP contribution < -0.4 is 15.2 Å². The topological polar surface area (TPSA) is 44.5 Å². The molecule has 1 fully saturated rings. The number of hydrogen-bond donors (Lipinski definition) is 1. The molecular formula is C17H25NO2. The normalized spacial score (nSPS) is 22.9. The molecule has 0 aromatic heterocycles. The van der Waals surface area contributed by atoms with Crippen LogP contribution in [0.1, 0.15) is 57.1 Å². The largest absolute Gasteiger partial charge is 0.490 e. The van der Waals surface area contributed by atoms with Crippen LogP contribution in [0.5, 0.6) is 11.5 Å². The highest BCUT2D eigenvalue weighted by molar-refractivity contribution is 5.44. The second kappa shape index (κ2) is 5.65. The fourth-order valence-corrected chi connectivity index (χ4v) is 3.45. The van der Waals surface area contributed by atoms with Crippen LogP contribution in [0.15, 0.2) is 18.2 Å². The molecule has 110 valence electrons. The van der Waals surface area contributed by atoms with E-state index >= 15 is 0 Å². The molecule has 0 spiro atoms. The van der Waals surface area contributed by atoms with Gasteiger partial charge in [0.25, 0.3) is 0 Å². The van der Waals surface area contributed by atoms with Gasteiger partial charge in [0.2, 0.25) is 0 Å². The average molecular weight is 275 g/mol. The number of benzene rings is 1. The summed E-state index contributed by atoms with van der Waals surface area (Å²) in [6, 6.07) is 6.30. The van der Waals surface area contributed by atoms with Gasteiger partial charge in [0.15, 0.2) is 11.5 Å². The molecule has 1 aromatic carbocycles. The van der Waals surface area contributed by atoms with E-state index in [2.05, 4.69) is 19.1 Å². The van der Waals surface area contributed by atoms with Crippen molar-refractivity contribution in [3.8, 4) is 11.5 Å². The zero-order valence-corrected chi connectivity index (χ0v) is 12.4. The number of fused-ring (bicyclic) bond motifs is 1. The van der Waals surface area contributed by atoms with Crippen molar-refractivity contribution in [3.05, 3.63) is 23.8 Å². The fourth-order valence-electron chi connectivity index (χ4n) is 3.45. The molecule has 1 aliphatic carbocycles. The van der Waals surface area contributed by atoms with Crippen LogP contribution in [-0.4, -0.2) is 13.2 Å². The smallest absolute Gasteiger partial charge is 0.161 e. The van der Waals surface area contributed by atoms with Crippen molar-refractivity contribution in [2.75, 3.05) is 13.2 Å². The lowest BCUT2D eigenvalue weighted by Gasteiger charge is -2.39. The van der Waals surface area contributed by atoms with Crippen LogP contribution in [0.3, 0.4) is 0 Å². The summed E-state index contributed by atoms with van der Waals surface area (Å²) in [7, 11) is 0. The van der Waals surface area contributed by atoms with Gasteiger partial charge >= 0.3 is 0 Å². The molecule has 3 heteroatoms. The summed E-state index contributed by atoms with van der Waals surface area (Å²) in [5, 5.41) is 0. The molecule has 1 unspecified atom stereocenters. The van der Waals surface area contributed by atoms with Gasteiger partial charge in [-0.25, -0.2) is 0 Å². The van der Waals surface area contributed by atoms with Crippen molar-refractivity contribution in [3.63, 3.8) is 0 Å². The Morgan fingerprint density at radius 2 is 1.70 bits per heavy atom. The van der Waals surface area contributed by atoms with Crippen LogP contribution in [0.25, 0.3) is 0 Å². The van der Waals surface area contributed by atoms with E-state index in [0.717, 1.165) is 31.1 Å². The Bertz CT molecular complexity index is 466. The molecule has 2 N–H and O–H groups in total. The molecular weight excluding hydrogens is 250 g/mol. The maximum Gasteiger partial charge on any atom is 0.161 e. The lowest BCUT2D eigenvalue weighted by Crippen LogP contribution is -2.33. The third-order valence-corrected chi connectivity index (χ3v) is 4.88. The molecule has 0 saturated heterocycles. The van der Waals surface area contributed by atoms with E-state index in [0.29, 0.717) is 0 Å². The Morgan fingerprint density at radius 3 is 2.45 bits per heavy atom. The van der Waals surface area contributed by atoms with Gasteiger partial charge in [-0.1, -0.05) is 32.3 Å². The maximum atomic E-state index is 6.58. The van der Waals surface area contributed by atoms with Crippen molar-refractivity contribution in [2.45, 2.75) is 51.5 Å². The first kappa shape index (κ1) is 13.7. The zero-order chi connectivity index (χ0) is 14.0. The van der Waals surface area contributed by atoms with Crippen molar-refractivity contribution < 1.29 is 9.47 Å². The molecule has 0 radical (unpaired) electrons. The van der Waals surface area contributed by atoms with Gasteiger partial charge in [0, 0.05) is 12.5 Å². The summed E-state index contributed by atoms with van der Waals surface area (Å²) in [5.41, 5.74) is 7.98. The Hall–Kier alpha value is -1.22. The quantitative estimate of drug-likeness (QED) is 0.892. The second-order valence-corrected chi connectivity index (χ2v) is 6.45. The first-order valence-electron chi connectivity index (χ1n) is 7.84. The van der Waals surface area contributed by atoms with Crippen LogP contribution in [0.4, 0.5) is 0 Å². The molecule has 0 bridgehead atoms. The molecule has 1 atom stereocenters. The summed E-state index contributed by atoms with van der Waals surface area (Å²) in [6.45, 7) is 3.79. The molecule has 20 heavy (non-hydrogen) atoms. The molecule has 1 heterocycles. The minimum Gasteiger partial charge on any atom is -0.490 e. The van der Waals surface area contributed by atoms with Gasteiger partial charge in [0.1, 0.15) is 0 Å². The van der Waals surface area contributed by atoms with E-state index in [1.807, 2.05) is 6.07 Å². The summed E-state index contributed by atoms with van der Waals surface area (Å²) in [5.74, 6) is 1.71. The summed E-state index contributed by atoms with van der Waals surface area (Å²) >= 11 is 0. The number of rotatable bonds is 2. The van der Waals surface area contributed by atoms with E-state index in [1.165, 1.54) is 37.7 Å². The average Bonchev–Trinajstić information content (AvgIpc) is 2.71. The van der Waals surface area contributed by atoms with E-state index in [-0.39, 0.29) is 11.5 Å². The van der Waals surface area contributed by atoms with E-state index in [9.17, 15) is 0 Å². The Balaban J connectivity index is 1.84. The fraction of sp³-hybridized carbons (Fsp3) is 0.647. The van der Waals surface area contributed by atoms with Crippen molar-refractivity contribution >= 4 is 0 Å². The highest BCUT2D eigenvalue weighted by Crippen LogP contribution is 2.45. The van der Waals surface area contributed by atoms with Gasteiger partial charge in [-0.15, -0.1) is 0 Å². The third kappa shape index (κ3) is 2.64. The van der Waals surface area contributed by atoms with E-state index in [4.69, 9.17) is 15.2 Å². The monoisotopic (exact) mass is 275 g/mol. The molecule has 1 aliphatic heterocycles. The SMILES string of the molecule is CC1(C(N)c2ccc3c(c2)OCCCO3)CCCCC1. The first-order valence-corrected chi connectivity index (χ1v) is 7.84. The Morgan fingerprint density at radius 1 is 1.00 bits per heavy atom. The molecule has 2 aliphatic rings. The minimum atomic E-state index is 0.0833. The lowest BCUT2D eigenvalue weighted by atomic mass is 9.69. The predicted molar refractivity (Wildman–Crippen MR) is 80.2 cm³/mol. The van der Waals surface area contributed by atoms with E-state index < -0.39 is 0 Å². The molecule has 1 aromatic rings. The van der Waals surface area contributed by atoms with Crippen molar-refractivity contribution in [1.82, 2.24) is 0 Å². The van der Waals surface area contributed by atoms with Crippen molar-refractivity contribution in [1.29, 1.82) is 0 Å². The Kier molecular flexibility index (Phi) is 3.88. The van der Waals surface area contributed by atoms with Gasteiger partial charge in [-0.3, -0.25) is 0 Å².